The Morgan fingerprint density at radius 2 is 2.00 bits per heavy atom. The normalized spacial score (nSPS) is 14.0. The largest absolute Gasteiger partial charge is 0.493 e. The molecule has 0 aliphatic carbocycles. The summed E-state index contributed by atoms with van der Waals surface area (Å²) < 4.78 is 39.7. The van der Waals surface area contributed by atoms with E-state index in [1.165, 1.54) is 18.1 Å². The lowest BCUT2D eigenvalue weighted by Crippen LogP contribution is -2.36. The van der Waals surface area contributed by atoms with Gasteiger partial charge in [0.15, 0.2) is 11.5 Å². The van der Waals surface area contributed by atoms with Crippen LogP contribution in [-0.4, -0.2) is 62.9 Å². The molecule has 1 aliphatic rings. The molecule has 1 aliphatic heterocycles. The molecule has 0 radical (unpaired) electrons. The predicted octanol–water partition coefficient (Wildman–Crippen LogP) is 2.80. The zero-order chi connectivity index (χ0) is 20.8. The minimum absolute atomic E-state index is 0.0527. The molecule has 0 atom stereocenters. The van der Waals surface area contributed by atoms with Crippen LogP contribution in [-0.2, 0) is 11.3 Å². The highest BCUT2D eigenvalue weighted by atomic mass is 19.3. The fourth-order valence-corrected chi connectivity index (χ4v) is 3.06. The van der Waals surface area contributed by atoms with Crippen LogP contribution in [0.25, 0.3) is 0 Å². The summed E-state index contributed by atoms with van der Waals surface area (Å²) in [5.41, 5.74) is 1.19. The van der Waals surface area contributed by atoms with Crippen LogP contribution in [0.4, 0.5) is 14.6 Å². The van der Waals surface area contributed by atoms with Gasteiger partial charge in [0.25, 0.3) is 5.91 Å². The fraction of sp³-hybridized carbons (Fsp3) is 0.400. The second kappa shape index (κ2) is 9.51. The lowest BCUT2D eigenvalue weighted by Gasteiger charge is -2.27. The van der Waals surface area contributed by atoms with Crippen molar-refractivity contribution >= 4 is 11.7 Å². The fourth-order valence-electron chi connectivity index (χ4n) is 3.06. The van der Waals surface area contributed by atoms with E-state index in [4.69, 9.17) is 9.47 Å². The van der Waals surface area contributed by atoms with Crippen molar-refractivity contribution in [1.29, 1.82) is 0 Å². The number of carbonyl (C=O) groups excluding carboxylic acids is 1. The van der Waals surface area contributed by atoms with Crippen LogP contribution in [0.3, 0.4) is 0 Å². The van der Waals surface area contributed by atoms with Crippen LogP contribution in [0.2, 0.25) is 0 Å². The second-order valence-electron chi connectivity index (χ2n) is 6.53. The van der Waals surface area contributed by atoms with Crippen molar-refractivity contribution < 1.29 is 27.8 Å². The van der Waals surface area contributed by atoms with Crippen molar-refractivity contribution in [1.82, 2.24) is 9.88 Å². The number of anilines is 1. The Morgan fingerprint density at radius 1 is 1.24 bits per heavy atom. The van der Waals surface area contributed by atoms with Gasteiger partial charge in [0.1, 0.15) is 5.82 Å². The number of pyridine rings is 1. The third-order valence-electron chi connectivity index (χ3n) is 4.54. The molecular weight excluding hydrogens is 384 g/mol. The van der Waals surface area contributed by atoms with Crippen LogP contribution in [0.15, 0.2) is 36.5 Å². The van der Waals surface area contributed by atoms with Crippen molar-refractivity contribution in [3.8, 4) is 11.5 Å². The lowest BCUT2D eigenvalue weighted by atomic mass is 10.1. The van der Waals surface area contributed by atoms with E-state index in [2.05, 4.69) is 14.6 Å². The molecule has 2 aromatic rings. The average Bonchev–Trinajstić information content (AvgIpc) is 2.74. The molecule has 0 spiro atoms. The Morgan fingerprint density at radius 3 is 2.62 bits per heavy atom. The summed E-state index contributed by atoms with van der Waals surface area (Å²) in [6.45, 7) is 0.202. The van der Waals surface area contributed by atoms with Crippen LogP contribution in [0, 0.1) is 0 Å². The zero-order valence-corrected chi connectivity index (χ0v) is 16.3. The number of nitrogens with zero attached hydrogens (tertiary/aromatic N) is 3. The van der Waals surface area contributed by atoms with Gasteiger partial charge in [0, 0.05) is 32.9 Å². The predicted molar refractivity (Wildman–Crippen MR) is 103 cm³/mol. The molecule has 1 amide bonds. The summed E-state index contributed by atoms with van der Waals surface area (Å²) in [6, 6.07) is 8.16. The summed E-state index contributed by atoms with van der Waals surface area (Å²) in [4.78, 5) is 20.7. The monoisotopic (exact) mass is 407 g/mol. The number of hydrogen-bond acceptors (Lipinski definition) is 6. The summed E-state index contributed by atoms with van der Waals surface area (Å²) in [5.74, 6) is 0.744. The summed E-state index contributed by atoms with van der Waals surface area (Å²) in [7, 11) is 3.03. The maximum absolute atomic E-state index is 12.7. The molecule has 2 heterocycles. The maximum atomic E-state index is 12.7. The Bertz CT molecular complexity index is 827. The molecule has 1 saturated heterocycles. The van der Waals surface area contributed by atoms with Crippen LogP contribution < -0.4 is 14.4 Å². The molecule has 0 unspecified atom stereocenters. The Kier molecular flexibility index (Phi) is 6.82. The summed E-state index contributed by atoms with van der Waals surface area (Å²) in [6.07, 6.45) is 1.56. The van der Waals surface area contributed by atoms with Crippen LogP contribution in [0.1, 0.15) is 15.9 Å². The average molecular weight is 407 g/mol. The van der Waals surface area contributed by atoms with Crippen molar-refractivity contribution in [2.75, 3.05) is 45.4 Å². The van der Waals surface area contributed by atoms with Gasteiger partial charge in [0.05, 0.1) is 25.9 Å². The lowest BCUT2D eigenvalue weighted by molar-refractivity contribution is -0.0512. The minimum atomic E-state index is -2.94. The number of benzene rings is 1. The second-order valence-corrected chi connectivity index (χ2v) is 6.53. The first-order valence-electron chi connectivity index (χ1n) is 9.14. The Balaban J connectivity index is 1.65. The van der Waals surface area contributed by atoms with Crippen LogP contribution >= 0.6 is 0 Å². The number of hydrogen-bond donors (Lipinski definition) is 0. The van der Waals surface area contributed by atoms with Gasteiger partial charge in [-0.05, 0) is 29.8 Å². The molecule has 1 fully saturated rings. The maximum Gasteiger partial charge on any atom is 0.387 e. The molecule has 0 saturated carbocycles. The van der Waals surface area contributed by atoms with E-state index in [1.54, 1.807) is 31.4 Å². The van der Waals surface area contributed by atoms with Crippen molar-refractivity contribution in [3.05, 3.63) is 47.7 Å². The molecule has 156 valence electrons. The molecule has 0 N–H and O–H groups in total. The van der Waals surface area contributed by atoms with Gasteiger partial charge in [-0.3, -0.25) is 4.79 Å². The first-order valence-corrected chi connectivity index (χ1v) is 9.14. The first-order chi connectivity index (χ1) is 14.0. The molecule has 1 aromatic carbocycles. The van der Waals surface area contributed by atoms with Gasteiger partial charge in [-0.25, -0.2) is 4.98 Å². The van der Waals surface area contributed by atoms with E-state index in [0.29, 0.717) is 18.8 Å². The highest BCUT2D eigenvalue weighted by Gasteiger charge is 2.17. The van der Waals surface area contributed by atoms with Crippen LogP contribution in [0.5, 0.6) is 11.5 Å². The van der Waals surface area contributed by atoms with Gasteiger partial charge in [0.2, 0.25) is 0 Å². The zero-order valence-electron chi connectivity index (χ0n) is 16.3. The number of halogens is 2. The number of carbonyl (C=O) groups is 1. The van der Waals surface area contributed by atoms with Gasteiger partial charge < -0.3 is 24.0 Å². The molecular formula is C20H23F2N3O4. The van der Waals surface area contributed by atoms with Gasteiger partial charge >= 0.3 is 6.61 Å². The molecule has 9 heteroatoms. The third kappa shape index (κ3) is 5.32. The van der Waals surface area contributed by atoms with E-state index in [-0.39, 0.29) is 24.0 Å². The quantitative estimate of drug-likeness (QED) is 0.703. The van der Waals surface area contributed by atoms with Gasteiger partial charge in [-0.2, -0.15) is 8.78 Å². The standard InChI is InChI=1S/C20H23F2N3O4/c1-24(13-14-3-5-16(29-20(21)22)17(11-14)27-2)19(26)15-4-6-18(23-12-15)25-7-9-28-10-8-25/h3-6,11-12,20H,7-10,13H2,1-2H3. The third-order valence-corrected chi connectivity index (χ3v) is 4.54. The SMILES string of the molecule is COc1cc(CN(C)C(=O)c2ccc(N3CCOCC3)nc2)ccc1OC(F)F. The highest BCUT2D eigenvalue weighted by Crippen LogP contribution is 2.30. The molecule has 0 bridgehead atoms. The van der Waals surface area contributed by atoms with Crippen molar-refractivity contribution in [2.45, 2.75) is 13.2 Å². The number of aromatic nitrogens is 1. The summed E-state index contributed by atoms with van der Waals surface area (Å²) in [5, 5.41) is 0. The van der Waals surface area contributed by atoms with E-state index in [0.717, 1.165) is 24.5 Å². The van der Waals surface area contributed by atoms with Crippen molar-refractivity contribution in [3.63, 3.8) is 0 Å². The summed E-state index contributed by atoms with van der Waals surface area (Å²) >= 11 is 0. The number of ether oxygens (including phenoxy) is 3. The smallest absolute Gasteiger partial charge is 0.387 e. The first kappa shape index (κ1) is 20.8. The molecule has 7 nitrogen and oxygen atoms in total. The van der Waals surface area contributed by atoms with E-state index >= 15 is 0 Å². The number of methoxy groups -OCH3 is 1. The van der Waals surface area contributed by atoms with E-state index in [1.807, 2.05) is 6.07 Å². The number of morpholine rings is 1. The topological polar surface area (TPSA) is 64.1 Å². The minimum Gasteiger partial charge on any atom is -0.493 e. The Hall–Kier alpha value is -2.94. The van der Waals surface area contributed by atoms with E-state index in [9.17, 15) is 13.6 Å². The molecule has 1 aromatic heterocycles. The Labute approximate surface area is 167 Å². The van der Waals surface area contributed by atoms with E-state index < -0.39 is 6.61 Å². The number of alkyl halides is 2. The molecule has 29 heavy (non-hydrogen) atoms. The number of amides is 1. The van der Waals surface area contributed by atoms with Crippen molar-refractivity contribution in [2.24, 2.45) is 0 Å². The highest BCUT2D eigenvalue weighted by molar-refractivity contribution is 5.93. The van der Waals surface area contributed by atoms with Gasteiger partial charge in [-0.1, -0.05) is 6.07 Å². The molecule has 3 rings (SSSR count). The van der Waals surface area contributed by atoms with Gasteiger partial charge in [-0.15, -0.1) is 0 Å². The number of rotatable bonds is 7.